The molecule has 2 heterocycles. The number of imide groups is 1. The van der Waals surface area contributed by atoms with Gasteiger partial charge in [-0.3, -0.25) is 19.3 Å². The number of likely N-dealkylation sites (N-methyl/N-ethyl adjacent to an activating group) is 1. The van der Waals surface area contributed by atoms with Crippen LogP contribution in [-0.2, 0) is 14.4 Å². The smallest absolute Gasteiger partial charge is 0.251 e. The van der Waals surface area contributed by atoms with Crippen LogP contribution < -0.4 is 10.6 Å². The standard InChI is InChI=1S/C13H21N3O3/c1-8-5-9(7-14-6-8)12(18)15-10-3-4-11(17)16(2)13(10)19/h8-10,14H,3-7H2,1-2H3,(H,15,18). The molecule has 2 aliphatic heterocycles. The summed E-state index contributed by atoms with van der Waals surface area (Å²) in [6.07, 6.45) is 1.56. The number of likely N-dealkylation sites (tertiary alicyclic amines) is 1. The first-order valence-corrected chi connectivity index (χ1v) is 6.80. The van der Waals surface area contributed by atoms with Gasteiger partial charge in [0, 0.05) is 20.0 Å². The molecule has 2 fully saturated rings. The number of carbonyl (C=O) groups is 3. The molecule has 2 N–H and O–H groups in total. The molecule has 106 valence electrons. The van der Waals surface area contributed by atoms with E-state index in [-0.39, 0.29) is 23.6 Å². The Morgan fingerprint density at radius 2 is 2.11 bits per heavy atom. The monoisotopic (exact) mass is 267 g/mol. The second-order valence-electron chi connectivity index (χ2n) is 5.59. The molecule has 3 amide bonds. The second kappa shape index (κ2) is 5.69. The van der Waals surface area contributed by atoms with Gasteiger partial charge in [-0.15, -0.1) is 0 Å². The first-order valence-electron chi connectivity index (χ1n) is 6.80. The zero-order valence-electron chi connectivity index (χ0n) is 11.4. The maximum Gasteiger partial charge on any atom is 0.251 e. The Bertz CT molecular complexity index is 397. The van der Waals surface area contributed by atoms with Crippen LogP contribution in [0.25, 0.3) is 0 Å². The van der Waals surface area contributed by atoms with Crippen LogP contribution in [-0.4, -0.2) is 48.8 Å². The Labute approximate surface area is 112 Å². The van der Waals surface area contributed by atoms with Gasteiger partial charge in [0.15, 0.2) is 0 Å². The highest BCUT2D eigenvalue weighted by Gasteiger charge is 2.34. The fourth-order valence-electron chi connectivity index (χ4n) is 2.70. The van der Waals surface area contributed by atoms with Gasteiger partial charge in [0.05, 0.1) is 5.92 Å². The number of piperidine rings is 2. The van der Waals surface area contributed by atoms with Crippen molar-refractivity contribution in [1.29, 1.82) is 0 Å². The van der Waals surface area contributed by atoms with Crippen molar-refractivity contribution in [3.8, 4) is 0 Å². The van der Waals surface area contributed by atoms with Gasteiger partial charge >= 0.3 is 0 Å². The molecule has 3 unspecified atom stereocenters. The van der Waals surface area contributed by atoms with Gasteiger partial charge in [-0.2, -0.15) is 0 Å². The molecule has 19 heavy (non-hydrogen) atoms. The van der Waals surface area contributed by atoms with Crippen LogP contribution in [0.4, 0.5) is 0 Å². The van der Waals surface area contributed by atoms with E-state index in [4.69, 9.17) is 0 Å². The van der Waals surface area contributed by atoms with E-state index < -0.39 is 6.04 Å². The van der Waals surface area contributed by atoms with Crippen molar-refractivity contribution in [2.75, 3.05) is 20.1 Å². The van der Waals surface area contributed by atoms with Crippen molar-refractivity contribution < 1.29 is 14.4 Å². The number of nitrogens with one attached hydrogen (secondary N) is 2. The average molecular weight is 267 g/mol. The molecule has 0 aromatic heterocycles. The van der Waals surface area contributed by atoms with Crippen LogP contribution in [0.15, 0.2) is 0 Å². The van der Waals surface area contributed by atoms with E-state index in [0.29, 0.717) is 25.3 Å². The molecule has 2 rings (SSSR count). The van der Waals surface area contributed by atoms with E-state index in [1.807, 2.05) is 0 Å². The fourth-order valence-corrected chi connectivity index (χ4v) is 2.70. The van der Waals surface area contributed by atoms with Gasteiger partial charge in [0.25, 0.3) is 5.91 Å². The fraction of sp³-hybridized carbons (Fsp3) is 0.769. The molecule has 0 aromatic carbocycles. The van der Waals surface area contributed by atoms with Crippen LogP contribution in [0.1, 0.15) is 26.2 Å². The van der Waals surface area contributed by atoms with Gasteiger partial charge in [-0.05, 0) is 25.3 Å². The quantitative estimate of drug-likeness (QED) is 0.661. The number of amides is 3. The van der Waals surface area contributed by atoms with Crippen molar-refractivity contribution in [3.63, 3.8) is 0 Å². The summed E-state index contributed by atoms with van der Waals surface area (Å²) in [5.74, 6) is -0.180. The summed E-state index contributed by atoms with van der Waals surface area (Å²) in [6, 6.07) is -0.549. The Morgan fingerprint density at radius 3 is 2.79 bits per heavy atom. The second-order valence-corrected chi connectivity index (χ2v) is 5.59. The zero-order chi connectivity index (χ0) is 14.0. The highest BCUT2D eigenvalue weighted by Crippen LogP contribution is 2.17. The first kappa shape index (κ1) is 14.0. The zero-order valence-corrected chi connectivity index (χ0v) is 11.4. The van der Waals surface area contributed by atoms with E-state index >= 15 is 0 Å². The van der Waals surface area contributed by atoms with Crippen molar-refractivity contribution in [3.05, 3.63) is 0 Å². The minimum absolute atomic E-state index is 0.0832. The molecule has 3 atom stereocenters. The summed E-state index contributed by atoms with van der Waals surface area (Å²) < 4.78 is 0. The summed E-state index contributed by atoms with van der Waals surface area (Å²) >= 11 is 0. The number of carbonyl (C=O) groups excluding carboxylic acids is 3. The molecule has 2 aliphatic rings. The third kappa shape index (κ3) is 3.12. The van der Waals surface area contributed by atoms with Gasteiger partial charge < -0.3 is 10.6 Å². The van der Waals surface area contributed by atoms with E-state index in [2.05, 4.69) is 17.6 Å². The Morgan fingerprint density at radius 1 is 1.37 bits per heavy atom. The third-order valence-corrected chi connectivity index (χ3v) is 3.91. The lowest BCUT2D eigenvalue weighted by molar-refractivity contribution is -0.149. The lowest BCUT2D eigenvalue weighted by Crippen LogP contribution is -2.55. The normalized spacial score (nSPS) is 32.3. The summed E-state index contributed by atoms with van der Waals surface area (Å²) in [4.78, 5) is 36.5. The van der Waals surface area contributed by atoms with Crippen LogP contribution in [0.3, 0.4) is 0 Å². The van der Waals surface area contributed by atoms with E-state index in [9.17, 15) is 14.4 Å². The topological polar surface area (TPSA) is 78.5 Å². The molecular formula is C13H21N3O3. The molecule has 0 saturated carbocycles. The van der Waals surface area contributed by atoms with Gasteiger partial charge in [0.2, 0.25) is 11.8 Å². The predicted octanol–water partition coefficient (Wildman–Crippen LogP) is -0.504. The number of hydrogen-bond acceptors (Lipinski definition) is 4. The van der Waals surface area contributed by atoms with Crippen molar-refractivity contribution >= 4 is 17.7 Å². The van der Waals surface area contributed by atoms with Gasteiger partial charge in [-0.1, -0.05) is 6.92 Å². The van der Waals surface area contributed by atoms with E-state index in [0.717, 1.165) is 17.9 Å². The molecule has 0 aliphatic carbocycles. The Kier molecular flexibility index (Phi) is 4.19. The molecule has 0 aromatic rings. The number of nitrogens with zero attached hydrogens (tertiary/aromatic N) is 1. The molecule has 0 radical (unpaired) electrons. The Balaban J connectivity index is 1.91. The summed E-state index contributed by atoms with van der Waals surface area (Å²) in [7, 11) is 1.47. The van der Waals surface area contributed by atoms with Crippen LogP contribution in [0.5, 0.6) is 0 Å². The van der Waals surface area contributed by atoms with E-state index in [1.54, 1.807) is 0 Å². The van der Waals surface area contributed by atoms with Crippen molar-refractivity contribution in [1.82, 2.24) is 15.5 Å². The molecule has 6 heteroatoms. The van der Waals surface area contributed by atoms with Crippen LogP contribution in [0, 0.1) is 11.8 Å². The maximum absolute atomic E-state index is 12.1. The molecule has 0 bridgehead atoms. The highest BCUT2D eigenvalue weighted by atomic mass is 16.2. The first-order chi connectivity index (χ1) is 8.99. The maximum atomic E-state index is 12.1. The highest BCUT2D eigenvalue weighted by molar-refractivity contribution is 6.01. The summed E-state index contributed by atoms with van der Waals surface area (Å²) in [5, 5.41) is 6.01. The minimum atomic E-state index is -0.549. The summed E-state index contributed by atoms with van der Waals surface area (Å²) in [5.41, 5.74) is 0. The SMILES string of the molecule is CC1CNCC(C(=O)NC2CCC(=O)N(C)C2=O)C1. The lowest BCUT2D eigenvalue weighted by Gasteiger charge is -2.31. The Hall–Kier alpha value is -1.43. The molecular weight excluding hydrogens is 246 g/mol. The molecule has 0 spiro atoms. The van der Waals surface area contributed by atoms with Crippen LogP contribution >= 0.6 is 0 Å². The minimum Gasteiger partial charge on any atom is -0.344 e. The summed E-state index contributed by atoms with van der Waals surface area (Å²) in [6.45, 7) is 3.69. The largest absolute Gasteiger partial charge is 0.344 e. The molecule has 2 saturated heterocycles. The van der Waals surface area contributed by atoms with Crippen LogP contribution in [0.2, 0.25) is 0 Å². The van der Waals surface area contributed by atoms with E-state index in [1.165, 1.54) is 7.05 Å². The van der Waals surface area contributed by atoms with Gasteiger partial charge in [-0.25, -0.2) is 0 Å². The average Bonchev–Trinajstić information content (AvgIpc) is 2.39. The lowest BCUT2D eigenvalue weighted by atomic mass is 9.90. The number of rotatable bonds is 2. The number of hydrogen-bond donors (Lipinski definition) is 2. The third-order valence-electron chi connectivity index (χ3n) is 3.91. The predicted molar refractivity (Wildman–Crippen MR) is 69.1 cm³/mol. The molecule has 6 nitrogen and oxygen atoms in total. The van der Waals surface area contributed by atoms with Gasteiger partial charge in [0.1, 0.15) is 6.04 Å². The van der Waals surface area contributed by atoms with Crippen molar-refractivity contribution in [2.24, 2.45) is 11.8 Å². The van der Waals surface area contributed by atoms with Crippen molar-refractivity contribution in [2.45, 2.75) is 32.2 Å².